The predicted octanol–water partition coefficient (Wildman–Crippen LogP) is 3.51. The number of hydrogen-bond donors (Lipinski definition) is 1. The average molecular weight is 276 g/mol. The minimum absolute atomic E-state index is 0.528. The van der Waals surface area contributed by atoms with E-state index in [0.717, 1.165) is 21.9 Å². The Kier molecular flexibility index (Phi) is 3.06. The van der Waals surface area contributed by atoms with E-state index < -0.39 is 0 Å². The first kappa shape index (κ1) is 10.9. The molecule has 0 atom stereocenters. The zero-order valence-corrected chi connectivity index (χ0v) is 10.1. The van der Waals surface area contributed by atoms with Crippen molar-refractivity contribution in [3.8, 4) is 11.1 Å². The highest BCUT2D eigenvalue weighted by Crippen LogP contribution is 2.28. The number of aldehydes is 1. The van der Waals surface area contributed by atoms with Crippen LogP contribution in [0.15, 0.2) is 46.9 Å². The third kappa shape index (κ3) is 1.99. The fourth-order valence-electron chi connectivity index (χ4n) is 1.57. The first-order chi connectivity index (χ1) is 7.72. The molecule has 0 heterocycles. The van der Waals surface area contributed by atoms with Gasteiger partial charge in [0.1, 0.15) is 0 Å². The summed E-state index contributed by atoms with van der Waals surface area (Å²) in [5.74, 6) is 0. The van der Waals surface area contributed by atoms with Crippen molar-refractivity contribution >= 4 is 27.9 Å². The van der Waals surface area contributed by atoms with E-state index in [0.29, 0.717) is 11.3 Å². The first-order valence-corrected chi connectivity index (χ1v) is 5.61. The van der Waals surface area contributed by atoms with E-state index in [4.69, 9.17) is 5.73 Å². The van der Waals surface area contributed by atoms with Crippen molar-refractivity contribution in [2.45, 2.75) is 0 Å². The molecule has 3 heteroatoms. The lowest BCUT2D eigenvalue weighted by atomic mass is 10.0. The molecule has 2 aromatic rings. The molecular weight excluding hydrogens is 266 g/mol. The molecular formula is C13H10BrNO. The number of halogens is 1. The van der Waals surface area contributed by atoms with Crippen LogP contribution in [0.4, 0.5) is 5.69 Å². The lowest BCUT2D eigenvalue weighted by molar-refractivity contribution is 0.112. The Bertz CT molecular complexity index is 520. The Morgan fingerprint density at radius 1 is 1.06 bits per heavy atom. The maximum atomic E-state index is 10.8. The number of carbonyl (C=O) groups excluding carboxylic acids is 1. The summed E-state index contributed by atoms with van der Waals surface area (Å²) in [6.07, 6.45) is 0.775. The molecule has 0 unspecified atom stereocenters. The number of carbonyl (C=O) groups is 1. The molecule has 0 radical (unpaired) electrons. The maximum absolute atomic E-state index is 10.8. The highest BCUT2D eigenvalue weighted by molar-refractivity contribution is 9.10. The monoisotopic (exact) mass is 275 g/mol. The van der Waals surface area contributed by atoms with Crippen molar-refractivity contribution in [3.05, 3.63) is 52.5 Å². The minimum Gasteiger partial charge on any atom is -0.398 e. The second kappa shape index (κ2) is 4.49. The van der Waals surface area contributed by atoms with Gasteiger partial charge < -0.3 is 5.73 Å². The molecule has 0 bridgehead atoms. The Balaban J connectivity index is 2.56. The number of para-hydroxylation sites is 1. The first-order valence-electron chi connectivity index (χ1n) is 4.82. The van der Waals surface area contributed by atoms with Gasteiger partial charge >= 0.3 is 0 Å². The van der Waals surface area contributed by atoms with E-state index in [9.17, 15) is 4.79 Å². The summed E-state index contributed by atoms with van der Waals surface area (Å²) in [6.45, 7) is 0. The fourth-order valence-corrected chi connectivity index (χ4v) is 1.83. The van der Waals surface area contributed by atoms with Crippen molar-refractivity contribution in [1.82, 2.24) is 0 Å². The molecule has 0 fully saturated rings. The predicted molar refractivity (Wildman–Crippen MR) is 69.4 cm³/mol. The molecule has 0 saturated heterocycles. The van der Waals surface area contributed by atoms with Crippen molar-refractivity contribution in [3.63, 3.8) is 0 Å². The van der Waals surface area contributed by atoms with Gasteiger partial charge in [0.15, 0.2) is 6.29 Å². The van der Waals surface area contributed by atoms with Gasteiger partial charge in [0, 0.05) is 21.3 Å². The highest BCUT2D eigenvalue weighted by atomic mass is 79.9. The largest absolute Gasteiger partial charge is 0.398 e. The standard InChI is InChI=1S/C13H10BrNO/c14-11-6-4-9(5-7-11)12-3-1-2-10(8-16)13(12)15/h1-8H,15H2. The summed E-state index contributed by atoms with van der Waals surface area (Å²) in [4.78, 5) is 10.8. The lowest BCUT2D eigenvalue weighted by Crippen LogP contribution is -1.95. The van der Waals surface area contributed by atoms with E-state index in [1.807, 2.05) is 36.4 Å². The summed E-state index contributed by atoms with van der Waals surface area (Å²) in [7, 11) is 0. The molecule has 2 nitrogen and oxygen atoms in total. The lowest BCUT2D eigenvalue weighted by Gasteiger charge is -2.07. The van der Waals surface area contributed by atoms with Crippen LogP contribution in [0.3, 0.4) is 0 Å². The third-order valence-corrected chi connectivity index (χ3v) is 2.95. The van der Waals surface area contributed by atoms with Crippen molar-refractivity contribution in [1.29, 1.82) is 0 Å². The van der Waals surface area contributed by atoms with Crippen LogP contribution < -0.4 is 5.73 Å². The fraction of sp³-hybridized carbons (Fsp3) is 0. The third-order valence-electron chi connectivity index (χ3n) is 2.42. The second-order valence-corrected chi connectivity index (χ2v) is 4.35. The SMILES string of the molecule is Nc1c(C=O)cccc1-c1ccc(Br)cc1. The van der Waals surface area contributed by atoms with Crippen molar-refractivity contribution in [2.24, 2.45) is 0 Å². The molecule has 80 valence electrons. The number of benzene rings is 2. The van der Waals surface area contributed by atoms with Crippen LogP contribution in [0, 0.1) is 0 Å². The minimum atomic E-state index is 0.528. The highest BCUT2D eigenvalue weighted by Gasteiger charge is 2.05. The Morgan fingerprint density at radius 3 is 2.38 bits per heavy atom. The zero-order valence-electron chi connectivity index (χ0n) is 8.48. The summed E-state index contributed by atoms with van der Waals surface area (Å²) < 4.78 is 1.02. The number of rotatable bonds is 2. The molecule has 0 amide bonds. The van der Waals surface area contributed by atoms with Crippen LogP contribution in [0.2, 0.25) is 0 Å². The molecule has 2 rings (SSSR count). The number of anilines is 1. The van der Waals surface area contributed by atoms with Crippen LogP contribution >= 0.6 is 15.9 Å². The Morgan fingerprint density at radius 2 is 1.75 bits per heavy atom. The van der Waals surface area contributed by atoms with Gasteiger partial charge in [-0.05, 0) is 23.8 Å². The van der Waals surface area contributed by atoms with E-state index in [-0.39, 0.29) is 0 Å². The summed E-state index contributed by atoms with van der Waals surface area (Å²) in [5.41, 5.74) is 8.87. The molecule has 0 aromatic heterocycles. The smallest absolute Gasteiger partial charge is 0.152 e. The second-order valence-electron chi connectivity index (χ2n) is 3.43. The maximum Gasteiger partial charge on any atom is 0.152 e. The van der Waals surface area contributed by atoms with Gasteiger partial charge in [0.05, 0.1) is 0 Å². The van der Waals surface area contributed by atoms with Crippen molar-refractivity contribution < 1.29 is 4.79 Å². The Labute approximate surface area is 102 Å². The molecule has 16 heavy (non-hydrogen) atoms. The van der Waals surface area contributed by atoms with Crippen molar-refractivity contribution in [2.75, 3.05) is 5.73 Å². The molecule has 0 spiro atoms. The zero-order chi connectivity index (χ0) is 11.5. The van der Waals surface area contributed by atoms with E-state index in [1.165, 1.54) is 0 Å². The summed E-state index contributed by atoms with van der Waals surface area (Å²) in [5, 5.41) is 0. The van der Waals surface area contributed by atoms with Gasteiger partial charge in [-0.2, -0.15) is 0 Å². The van der Waals surface area contributed by atoms with Gasteiger partial charge in [0.25, 0.3) is 0 Å². The topological polar surface area (TPSA) is 43.1 Å². The molecule has 2 aromatic carbocycles. The normalized spacial score (nSPS) is 10.1. The molecule has 0 aliphatic rings. The molecule has 0 aliphatic heterocycles. The van der Waals surface area contributed by atoms with Gasteiger partial charge in [-0.3, -0.25) is 4.79 Å². The van der Waals surface area contributed by atoms with Crippen LogP contribution in [-0.4, -0.2) is 6.29 Å². The molecule has 2 N–H and O–H groups in total. The number of nitrogens with two attached hydrogens (primary N) is 1. The summed E-state index contributed by atoms with van der Waals surface area (Å²) in [6, 6.07) is 13.3. The summed E-state index contributed by atoms with van der Waals surface area (Å²) >= 11 is 3.38. The van der Waals surface area contributed by atoms with Crippen LogP contribution in [-0.2, 0) is 0 Å². The molecule has 0 saturated carbocycles. The quantitative estimate of drug-likeness (QED) is 0.673. The van der Waals surface area contributed by atoms with Gasteiger partial charge in [0.2, 0.25) is 0 Å². The van der Waals surface area contributed by atoms with E-state index in [2.05, 4.69) is 15.9 Å². The van der Waals surface area contributed by atoms with Gasteiger partial charge in [-0.15, -0.1) is 0 Å². The molecule has 0 aliphatic carbocycles. The van der Waals surface area contributed by atoms with Gasteiger partial charge in [-0.1, -0.05) is 40.2 Å². The van der Waals surface area contributed by atoms with Crippen LogP contribution in [0.1, 0.15) is 10.4 Å². The van der Waals surface area contributed by atoms with Gasteiger partial charge in [-0.25, -0.2) is 0 Å². The van der Waals surface area contributed by atoms with Crippen LogP contribution in [0.25, 0.3) is 11.1 Å². The Hall–Kier alpha value is -1.61. The van der Waals surface area contributed by atoms with E-state index >= 15 is 0 Å². The van der Waals surface area contributed by atoms with E-state index in [1.54, 1.807) is 6.07 Å². The van der Waals surface area contributed by atoms with Crippen LogP contribution in [0.5, 0.6) is 0 Å². The number of nitrogen functional groups attached to an aromatic ring is 1. The average Bonchev–Trinajstić information content (AvgIpc) is 2.31. The number of hydrogen-bond acceptors (Lipinski definition) is 2.